The van der Waals surface area contributed by atoms with Gasteiger partial charge in [-0.15, -0.1) is 0 Å². The number of hydrogen-bond acceptors (Lipinski definition) is 5. The maximum atomic E-state index is 12.8. The Bertz CT molecular complexity index is 560. The van der Waals surface area contributed by atoms with Gasteiger partial charge in [-0.3, -0.25) is 10.1 Å². The molecule has 0 saturated carbocycles. The SMILES string of the molecule is CC1(C)CNCCN1c1cc(C(F)(F)F)ncc1[N+](=O)[O-]. The van der Waals surface area contributed by atoms with E-state index in [1.807, 2.05) is 13.8 Å². The van der Waals surface area contributed by atoms with Gasteiger partial charge in [0.05, 0.1) is 4.92 Å². The molecule has 0 bridgehead atoms. The van der Waals surface area contributed by atoms with Crippen molar-refractivity contribution < 1.29 is 18.1 Å². The van der Waals surface area contributed by atoms with Crippen molar-refractivity contribution in [3.63, 3.8) is 0 Å². The summed E-state index contributed by atoms with van der Waals surface area (Å²) in [6.07, 6.45) is -3.96. The van der Waals surface area contributed by atoms with Gasteiger partial charge in [-0.1, -0.05) is 0 Å². The van der Waals surface area contributed by atoms with Crippen molar-refractivity contribution in [1.29, 1.82) is 0 Å². The van der Waals surface area contributed by atoms with Crippen LogP contribution in [0.5, 0.6) is 0 Å². The summed E-state index contributed by atoms with van der Waals surface area (Å²) in [5.74, 6) is 0. The number of rotatable bonds is 2. The monoisotopic (exact) mass is 304 g/mol. The average molecular weight is 304 g/mol. The maximum absolute atomic E-state index is 12.8. The summed E-state index contributed by atoms with van der Waals surface area (Å²) in [4.78, 5) is 15.2. The molecule has 6 nitrogen and oxygen atoms in total. The number of alkyl halides is 3. The molecule has 1 N–H and O–H groups in total. The van der Waals surface area contributed by atoms with Crippen LogP contribution in [0.15, 0.2) is 12.3 Å². The molecule has 1 aromatic heterocycles. The highest BCUT2D eigenvalue weighted by atomic mass is 19.4. The van der Waals surface area contributed by atoms with Crippen molar-refractivity contribution >= 4 is 11.4 Å². The van der Waals surface area contributed by atoms with Crippen molar-refractivity contribution in [3.05, 3.63) is 28.1 Å². The van der Waals surface area contributed by atoms with E-state index < -0.39 is 28.0 Å². The molecular weight excluding hydrogens is 289 g/mol. The molecule has 21 heavy (non-hydrogen) atoms. The largest absolute Gasteiger partial charge is 0.433 e. The summed E-state index contributed by atoms with van der Waals surface area (Å²) in [5, 5.41) is 14.2. The van der Waals surface area contributed by atoms with E-state index in [4.69, 9.17) is 0 Å². The third-order valence-corrected chi connectivity index (χ3v) is 3.44. The molecule has 0 aliphatic carbocycles. The minimum atomic E-state index is -4.64. The normalized spacial score (nSPS) is 18.6. The van der Waals surface area contributed by atoms with E-state index in [0.29, 0.717) is 25.8 Å². The molecule has 2 heterocycles. The quantitative estimate of drug-likeness (QED) is 0.670. The smallest absolute Gasteiger partial charge is 0.358 e. The summed E-state index contributed by atoms with van der Waals surface area (Å²) in [7, 11) is 0. The lowest BCUT2D eigenvalue weighted by molar-refractivity contribution is -0.384. The van der Waals surface area contributed by atoms with Crippen LogP contribution in [0.2, 0.25) is 0 Å². The van der Waals surface area contributed by atoms with Crippen molar-refractivity contribution in [2.45, 2.75) is 25.6 Å². The Morgan fingerprint density at radius 1 is 1.48 bits per heavy atom. The van der Waals surface area contributed by atoms with Gasteiger partial charge >= 0.3 is 11.9 Å². The number of hydrogen-bond donors (Lipinski definition) is 1. The first-order chi connectivity index (χ1) is 9.63. The molecule has 0 aromatic carbocycles. The lowest BCUT2D eigenvalue weighted by Crippen LogP contribution is -2.58. The fraction of sp³-hybridized carbons (Fsp3) is 0.583. The highest BCUT2D eigenvalue weighted by Gasteiger charge is 2.38. The Labute approximate surface area is 119 Å². The summed E-state index contributed by atoms with van der Waals surface area (Å²) >= 11 is 0. The zero-order valence-electron chi connectivity index (χ0n) is 11.6. The third-order valence-electron chi connectivity index (χ3n) is 3.44. The number of halogens is 3. The Morgan fingerprint density at radius 2 is 2.14 bits per heavy atom. The van der Waals surface area contributed by atoms with Crippen molar-refractivity contribution in [3.8, 4) is 0 Å². The van der Waals surface area contributed by atoms with E-state index in [9.17, 15) is 23.3 Å². The van der Waals surface area contributed by atoms with Crippen molar-refractivity contribution in [2.24, 2.45) is 0 Å². The lowest BCUT2D eigenvalue weighted by atomic mass is 9.99. The molecule has 1 fully saturated rings. The molecule has 0 unspecified atom stereocenters. The van der Waals surface area contributed by atoms with Crippen LogP contribution >= 0.6 is 0 Å². The molecule has 1 aliphatic rings. The highest BCUT2D eigenvalue weighted by molar-refractivity contribution is 5.64. The van der Waals surface area contributed by atoms with Crippen LogP contribution in [0.4, 0.5) is 24.5 Å². The Morgan fingerprint density at radius 3 is 2.67 bits per heavy atom. The van der Waals surface area contributed by atoms with Gasteiger partial charge in [0.1, 0.15) is 17.6 Å². The van der Waals surface area contributed by atoms with Gasteiger partial charge in [-0.05, 0) is 19.9 Å². The first kappa shape index (κ1) is 15.5. The van der Waals surface area contributed by atoms with Crippen molar-refractivity contribution in [1.82, 2.24) is 10.3 Å². The van der Waals surface area contributed by atoms with Crippen LogP contribution in [-0.4, -0.2) is 35.1 Å². The van der Waals surface area contributed by atoms with Crippen LogP contribution in [0.25, 0.3) is 0 Å². The summed E-state index contributed by atoms with van der Waals surface area (Å²) in [6.45, 7) is 5.08. The Kier molecular flexibility index (Phi) is 3.79. The van der Waals surface area contributed by atoms with E-state index in [0.717, 1.165) is 6.07 Å². The third kappa shape index (κ3) is 3.07. The standard InChI is InChI=1S/C12H15F3N4O2/c1-11(2)7-16-3-4-18(11)8-5-10(12(13,14)15)17-6-9(8)19(20)21/h5-6,16H,3-4,7H2,1-2H3. The molecule has 0 amide bonds. The predicted molar refractivity (Wildman–Crippen MR) is 70.2 cm³/mol. The number of anilines is 1. The molecule has 2 rings (SSSR count). The highest BCUT2D eigenvalue weighted by Crippen LogP contribution is 2.37. The number of aromatic nitrogens is 1. The van der Waals surface area contributed by atoms with Gasteiger partial charge in [0, 0.05) is 25.2 Å². The van der Waals surface area contributed by atoms with Gasteiger partial charge in [-0.25, -0.2) is 4.98 Å². The minimum Gasteiger partial charge on any atom is -0.358 e. The zero-order valence-corrected chi connectivity index (χ0v) is 11.6. The molecule has 0 atom stereocenters. The van der Waals surface area contributed by atoms with Gasteiger partial charge < -0.3 is 10.2 Å². The predicted octanol–water partition coefficient (Wildman–Crippen LogP) is 2.20. The molecule has 0 radical (unpaired) electrons. The van der Waals surface area contributed by atoms with E-state index >= 15 is 0 Å². The molecule has 1 saturated heterocycles. The fourth-order valence-corrected chi connectivity index (χ4v) is 2.38. The van der Waals surface area contributed by atoms with E-state index in [2.05, 4.69) is 10.3 Å². The second-order valence-electron chi connectivity index (χ2n) is 5.45. The van der Waals surface area contributed by atoms with Crippen LogP contribution in [0.1, 0.15) is 19.5 Å². The molecule has 9 heteroatoms. The fourth-order valence-electron chi connectivity index (χ4n) is 2.38. The molecule has 0 spiro atoms. The molecule has 1 aromatic rings. The van der Waals surface area contributed by atoms with Crippen LogP contribution in [-0.2, 0) is 6.18 Å². The zero-order chi connectivity index (χ0) is 15.8. The van der Waals surface area contributed by atoms with Gasteiger partial charge in [-0.2, -0.15) is 13.2 Å². The van der Waals surface area contributed by atoms with Gasteiger partial charge in [0.15, 0.2) is 0 Å². The number of nitro groups is 1. The Hall–Kier alpha value is -1.90. The van der Waals surface area contributed by atoms with Gasteiger partial charge in [0.25, 0.3) is 0 Å². The summed E-state index contributed by atoms with van der Waals surface area (Å²) in [6, 6.07) is 0.755. The average Bonchev–Trinajstić information content (AvgIpc) is 2.36. The maximum Gasteiger partial charge on any atom is 0.433 e. The molecule has 1 aliphatic heterocycles. The first-order valence-corrected chi connectivity index (χ1v) is 6.33. The number of pyridine rings is 1. The van der Waals surface area contributed by atoms with Crippen LogP contribution in [0, 0.1) is 10.1 Å². The van der Waals surface area contributed by atoms with Crippen LogP contribution < -0.4 is 10.2 Å². The second kappa shape index (κ2) is 5.14. The number of nitrogens with one attached hydrogen (secondary N) is 1. The van der Waals surface area contributed by atoms with Gasteiger partial charge in [0.2, 0.25) is 0 Å². The lowest BCUT2D eigenvalue weighted by Gasteiger charge is -2.44. The Balaban J connectivity index is 2.55. The first-order valence-electron chi connectivity index (χ1n) is 6.33. The number of nitrogens with zero attached hydrogens (tertiary/aromatic N) is 3. The van der Waals surface area contributed by atoms with E-state index in [1.54, 1.807) is 4.90 Å². The van der Waals surface area contributed by atoms with E-state index in [-0.39, 0.29) is 5.69 Å². The van der Waals surface area contributed by atoms with E-state index in [1.165, 1.54) is 0 Å². The summed E-state index contributed by atoms with van der Waals surface area (Å²) < 4.78 is 38.4. The van der Waals surface area contributed by atoms with Crippen molar-refractivity contribution in [2.75, 3.05) is 24.5 Å². The molecule has 116 valence electrons. The molecular formula is C12H15F3N4O2. The summed E-state index contributed by atoms with van der Waals surface area (Å²) in [5.41, 5.74) is -2.13. The van der Waals surface area contributed by atoms with Crippen LogP contribution in [0.3, 0.4) is 0 Å². The minimum absolute atomic E-state index is 0.0474. The second-order valence-corrected chi connectivity index (χ2v) is 5.45. The topological polar surface area (TPSA) is 71.3 Å². The number of piperazine rings is 1.